The number of hydrogen-bond donors (Lipinski definition) is 9. The maximum absolute atomic E-state index is 13.1. The Kier molecular flexibility index (Phi) is 32.6. The van der Waals surface area contributed by atoms with Crippen LogP contribution in [0.25, 0.3) is 0 Å². The smallest absolute Gasteiger partial charge is 0.220 e. The number of nitrogens with one attached hydrogen (secondary N) is 1. The van der Waals surface area contributed by atoms with Crippen LogP contribution in [-0.4, -0.2) is 140 Å². The van der Waals surface area contributed by atoms with Gasteiger partial charge in [-0.15, -0.1) is 0 Å². The second-order valence-corrected chi connectivity index (χ2v) is 16.1. The molecule has 0 aliphatic carbocycles. The molecule has 2 rings (SSSR count). The molecule has 12 atom stereocenters. The molecule has 0 saturated carbocycles. The van der Waals surface area contributed by atoms with E-state index >= 15 is 0 Å². The molecule has 0 spiro atoms. The van der Waals surface area contributed by atoms with Crippen LogP contribution in [0.4, 0.5) is 0 Å². The maximum Gasteiger partial charge on any atom is 0.220 e. The first-order valence-electron chi connectivity index (χ1n) is 23.6. The van der Waals surface area contributed by atoms with Crippen LogP contribution in [0.15, 0.2) is 109 Å². The third-order valence-electron chi connectivity index (χ3n) is 10.7. The number of carbonyl (C=O) groups excluding carboxylic acids is 1. The first kappa shape index (κ1) is 57.8. The van der Waals surface area contributed by atoms with Crippen LogP contribution >= 0.6 is 0 Å². The van der Waals surface area contributed by atoms with Crippen molar-refractivity contribution in [1.82, 2.24) is 5.32 Å². The first-order chi connectivity index (χ1) is 31.6. The van der Waals surface area contributed by atoms with E-state index in [1.54, 1.807) is 6.08 Å². The summed E-state index contributed by atoms with van der Waals surface area (Å²) in [6, 6.07) is -0.967. The minimum atomic E-state index is -1.80. The molecule has 0 bridgehead atoms. The second kappa shape index (κ2) is 36.7. The molecule has 0 aromatic carbocycles. The predicted octanol–water partition coefficient (Wildman–Crippen LogP) is 5.37. The minimum Gasteiger partial charge on any atom is -0.394 e. The van der Waals surface area contributed by atoms with Crippen molar-refractivity contribution >= 4 is 5.91 Å². The normalized spacial score (nSPS) is 28.0. The van der Waals surface area contributed by atoms with Crippen molar-refractivity contribution in [2.45, 2.75) is 184 Å². The number of amides is 1. The van der Waals surface area contributed by atoms with Crippen LogP contribution in [0.3, 0.4) is 0 Å². The van der Waals surface area contributed by atoms with Crippen molar-refractivity contribution in [3.8, 4) is 0 Å². The number of ether oxygens (including phenoxy) is 4. The predicted molar refractivity (Wildman–Crippen MR) is 253 cm³/mol. The number of unbranched alkanes of at least 4 members (excludes halogenated alkanes) is 4. The molecule has 1 amide bonds. The molecular formula is C51H81NO13. The Morgan fingerprint density at radius 2 is 1.05 bits per heavy atom. The SMILES string of the molecule is CC/C=C\C/C=C\C/C=C\C/C=C\C/C=C\C/C=C\C/C=C\CCCC(=O)NC(COC1OC(CO)C(OC2OC(CO)C(O)C(O)C2O)C(O)C1O)C(O)/C=C/CC/C=C/CCCC. The van der Waals surface area contributed by atoms with E-state index in [0.29, 0.717) is 19.3 Å². The Morgan fingerprint density at radius 3 is 1.60 bits per heavy atom. The molecule has 0 aromatic heterocycles. The molecule has 14 heteroatoms. The largest absolute Gasteiger partial charge is 0.394 e. The van der Waals surface area contributed by atoms with Gasteiger partial charge >= 0.3 is 0 Å². The summed E-state index contributed by atoms with van der Waals surface area (Å²) in [6.07, 6.45) is 33.1. The van der Waals surface area contributed by atoms with Crippen LogP contribution < -0.4 is 5.32 Å². The van der Waals surface area contributed by atoms with E-state index in [4.69, 9.17) is 18.9 Å². The zero-order chi connectivity index (χ0) is 47.5. The maximum atomic E-state index is 13.1. The van der Waals surface area contributed by atoms with E-state index in [1.807, 2.05) is 12.2 Å². The van der Waals surface area contributed by atoms with Crippen molar-refractivity contribution in [3.05, 3.63) is 109 Å². The number of aliphatic hydroxyl groups is 8. The highest BCUT2D eigenvalue weighted by Crippen LogP contribution is 2.29. The Bertz CT molecular complexity index is 1500. The van der Waals surface area contributed by atoms with Gasteiger partial charge in [0.2, 0.25) is 5.91 Å². The zero-order valence-electron chi connectivity index (χ0n) is 38.7. The third kappa shape index (κ3) is 24.3. The molecule has 65 heavy (non-hydrogen) atoms. The molecule has 2 aliphatic heterocycles. The fourth-order valence-electron chi connectivity index (χ4n) is 6.81. The minimum absolute atomic E-state index is 0.185. The summed E-state index contributed by atoms with van der Waals surface area (Å²) < 4.78 is 22.5. The summed E-state index contributed by atoms with van der Waals surface area (Å²) >= 11 is 0. The van der Waals surface area contributed by atoms with Crippen molar-refractivity contribution in [1.29, 1.82) is 0 Å². The first-order valence-corrected chi connectivity index (χ1v) is 23.6. The summed E-state index contributed by atoms with van der Waals surface area (Å²) in [5, 5.41) is 86.3. The van der Waals surface area contributed by atoms with Gasteiger partial charge in [0.1, 0.15) is 48.8 Å². The molecule has 2 saturated heterocycles. The number of rotatable bonds is 33. The molecule has 14 nitrogen and oxygen atoms in total. The molecule has 2 heterocycles. The van der Waals surface area contributed by atoms with E-state index in [9.17, 15) is 45.6 Å². The standard InChI is InChI=1S/C51H81NO13/c1-3-5-7-9-11-13-14-15-16-17-18-19-20-21-22-23-24-25-26-27-29-31-33-35-43(56)52-39(40(55)34-32-30-28-12-10-8-6-4-2)38-62-50-48(61)46(59)49(42(37-54)64-50)65-51-47(60)45(58)44(57)41(36-53)63-51/h5,7,10-13,15-16,18-19,21-22,24-25,27,29,32,34,39-42,44-51,53-55,57-61H,3-4,6,8-9,14,17,20,23,26,28,30-31,33,35-38H2,1-2H3,(H,52,56)/b7-5-,12-10+,13-11-,16-15-,19-18-,22-21-,25-24-,29-27-,34-32+. The van der Waals surface area contributed by atoms with Crippen molar-refractivity contribution < 1.29 is 64.6 Å². The highest BCUT2D eigenvalue weighted by molar-refractivity contribution is 5.76. The summed E-state index contributed by atoms with van der Waals surface area (Å²) in [7, 11) is 0. The average molecular weight is 916 g/mol. The van der Waals surface area contributed by atoms with Crippen LogP contribution in [0.5, 0.6) is 0 Å². The Labute approximate surface area is 387 Å². The van der Waals surface area contributed by atoms with E-state index in [0.717, 1.165) is 70.6 Å². The monoisotopic (exact) mass is 916 g/mol. The van der Waals surface area contributed by atoms with Crippen molar-refractivity contribution in [2.24, 2.45) is 0 Å². The van der Waals surface area contributed by atoms with E-state index in [1.165, 1.54) is 0 Å². The van der Waals surface area contributed by atoms with Gasteiger partial charge in [-0.3, -0.25) is 4.79 Å². The number of allylic oxidation sites excluding steroid dienone is 17. The lowest BCUT2D eigenvalue weighted by atomic mass is 9.97. The number of aliphatic hydroxyl groups excluding tert-OH is 8. The topological polar surface area (TPSA) is 228 Å². The van der Waals surface area contributed by atoms with Crippen molar-refractivity contribution in [3.63, 3.8) is 0 Å². The summed E-state index contributed by atoms with van der Waals surface area (Å²) in [5.41, 5.74) is 0. The van der Waals surface area contributed by atoms with Gasteiger partial charge in [-0.05, 0) is 77.0 Å². The lowest BCUT2D eigenvalue weighted by Crippen LogP contribution is -2.65. The molecular weight excluding hydrogens is 835 g/mol. The van der Waals surface area contributed by atoms with Gasteiger partial charge in [0.15, 0.2) is 12.6 Å². The van der Waals surface area contributed by atoms with E-state index < -0.39 is 86.8 Å². The molecule has 2 aliphatic rings. The Morgan fingerprint density at radius 1 is 0.569 bits per heavy atom. The summed E-state index contributed by atoms with van der Waals surface area (Å²) in [4.78, 5) is 13.1. The molecule has 0 radical (unpaired) electrons. The third-order valence-corrected chi connectivity index (χ3v) is 10.7. The molecule has 2 fully saturated rings. The van der Waals surface area contributed by atoms with Gasteiger partial charge in [-0.2, -0.15) is 0 Å². The number of hydrogen-bond acceptors (Lipinski definition) is 13. The quantitative estimate of drug-likeness (QED) is 0.0299. The van der Waals surface area contributed by atoms with Gasteiger partial charge in [-0.25, -0.2) is 0 Å². The fraction of sp³-hybridized carbons (Fsp3) is 0.627. The lowest BCUT2D eigenvalue weighted by Gasteiger charge is -2.46. The van der Waals surface area contributed by atoms with Crippen LogP contribution in [0, 0.1) is 0 Å². The van der Waals surface area contributed by atoms with Gasteiger partial charge in [0.25, 0.3) is 0 Å². The lowest BCUT2D eigenvalue weighted by molar-refractivity contribution is -0.359. The highest BCUT2D eigenvalue weighted by Gasteiger charge is 2.50. The van der Waals surface area contributed by atoms with Gasteiger partial charge in [-0.1, -0.05) is 136 Å². The summed E-state index contributed by atoms with van der Waals surface area (Å²) in [5.74, 6) is -0.318. The van der Waals surface area contributed by atoms with Gasteiger partial charge in [0.05, 0.1) is 32.0 Å². The second-order valence-electron chi connectivity index (χ2n) is 16.1. The van der Waals surface area contributed by atoms with E-state index in [-0.39, 0.29) is 18.9 Å². The van der Waals surface area contributed by atoms with Crippen LogP contribution in [0.1, 0.15) is 110 Å². The average Bonchev–Trinajstić information content (AvgIpc) is 3.30. The Hall–Kier alpha value is -3.35. The molecule has 9 N–H and O–H groups in total. The Balaban J connectivity index is 1.84. The fourth-order valence-corrected chi connectivity index (χ4v) is 6.81. The summed E-state index contributed by atoms with van der Waals surface area (Å²) in [6.45, 7) is 2.48. The highest BCUT2D eigenvalue weighted by atomic mass is 16.7. The molecule has 0 aromatic rings. The molecule has 368 valence electrons. The van der Waals surface area contributed by atoms with Gasteiger partial charge in [0, 0.05) is 6.42 Å². The molecule has 12 unspecified atom stereocenters. The van der Waals surface area contributed by atoms with Crippen LogP contribution in [-0.2, 0) is 23.7 Å². The van der Waals surface area contributed by atoms with Crippen molar-refractivity contribution in [2.75, 3.05) is 19.8 Å². The van der Waals surface area contributed by atoms with Crippen LogP contribution in [0.2, 0.25) is 0 Å². The zero-order valence-corrected chi connectivity index (χ0v) is 38.7. The number of carbonyl (C=O) groups is 1. The van der Waals surface area contributed by atoms with Gasteiger partial charge < -0.3 is 65.1 Å². The van der Waals surface area contributed by atoms with E-state index in [2.05, 4.69) is 110 Å².